The Balaban J connectivity index is 2.14. The first-order valence-corrected chi connectivity index (χ1v) is 7.15. The second kappa shape index (κ2) is 6.64. The molecule has 2 N–H and O–H groups in total. The Bertz CT molecular complexity index is 660. The lowest BCUT2D eigenvalue weighted by Gasteiger charge is -2.13. The lowest BCUT2D eigenvalue weighted by atomic mass is 10.2. The van der Waals surface area contributed by atoms with E-state index in [9.17, 15) is 4.79 Å². The second-order valence-electron chi connectivity index (χ2n) is 4.07. The minimum Gasteiger partial charge on any atom is -0.496 e. The Morgan fingerprint density at radius 3 is 2.52 bits per heavy atom. The number of amides is 2. The van der Waals surface area contributed by atoms with Gasteiger partial charge in [0.15, 0.2) is 5.13 Å². The molecular weight excluding hydrogens is 314 g/mol. The zero-order valence-electron chi connectivity index (χ0n) is 11.7. The molecule has 21 heavy (non-hydrogen) atoms. The maximum Gasteiger partial charge on any atom is 0.325 e. The number of thiazole rings is 1. The molecule has 0 atom stereocenters. The molecule has 0 fully saturated rings. The van der Waals surface area contributed by atoms with E-state index in [0.717, 1.165) is 5.56 Å². The number of hydrogen-bond acceptors (Lipinski definition) is 5. The number of urea groups is 1. The molecular formula is C13H14ClN3O3S. The number of nitrogens with zero attached hydrogens (tertiary/aromatic N) is 1. The number of ether oxygens (including phenoxy) is 2. The number of carbonyl (C=O) groups is 1. The molecule has 2 aromatic rings. The quantitative estimate of drug-likeness (QED) is 0.896. The van der Waals surface area contributed by atoms with Crippen LogP contribution in [0, 0.1) is 6.92 Å². The Labute approximate surface area is 131 Å². The van der Waals surface area contributed by atoms with E-state index in [1.54, 1.807) is 19.2 Å². The van der Waals surface area contributed by atoms with Gasteiger partial charge in [0.2, 0.25) is 0 Å². The first kappa shape index (κ1) is 15.4. The Hall–Kier alpha value is -1.99. The smallest absolute Gasteiger partial charge is 0.325 e. The van der Waals surface area contributed by atoms with Gasteiger partial charge in [0.05, 0.1) is 26.1 Å². The first-order valence-electron chi connectivity index (χ1n) is 5.95. The third kappa shape index (κ3) is 3.77. The van der Waals surface area contributed by atoms with E-state index in [2.05, 4.69) is 15.6 Å². The monoisotopic (exact) mass is 327 g/mol. The van der Waals surface area contributed by atoms with Crippen LogP contribution in [-0.2, 0) is 0 Å². The summed E-state index contributed by atoms with van der Waals surface area (Å²) in [6.07, 6.45) is 1.47. The van der Waals surface area contributed by atoms with E-state index < -0.39 is 6.03 Å². The molecule has 6 nitrogen and oxygen atoms in total. The number of aromatic nitrogens is 1. The average Bonchev–Trinajstić information content (AvgIpc) is 2.84. The van der Waals surface area contributed by atoms with Crippen molar-refractivity contribution in [1.29, 1.82) is 0 Å². The zero-order chi connectivity index (χ0) is 15.4. The third-order valence-corrected chi connectivity index (χ3v) is 3.69. The van der Waals surface area contributed by atoms with Gasteiger partial charge in [-0.05, 0) is 18.6 Å². The SMILES string of the molecule is COc1cc(OC)c(NC(=O)Nc2ncc(Cl)s2)cc1C. The van der Waals surface area contributed by atoms with E-state index in [0.29, 0.717) is 26.7 Å². The van der Waals surface area contributed by atoms with Crippen molar-refractivity contribution in [3.63, 3.8) is 0 Å². The van der Waals surface area contributed by atoms with Crippen LogP contribution in [0.4, 0.5) is 15.6 Å². The Morgan fingerprint density at radius 1 is 1.24 bits per heavy atom. The van der Waals surface area contributed by atoms with Crippen LogP contribution in [-0.4, -0.2) is 25.2 Å². The van der Waals surface area contributed by atoms with Gasteiger partial charge in [-0.1, -0.05) is 22.9 Å². The summed E-state index contributed by atoms with van der Waals surface area (Å²) in [7, 11) is 3.10. The fourth-order valence-corrected chi connectivity index (χ4v) is 2.53. The maximum absolute atomic E-state index is 11.9. The third-order valence-electron chi connectivity index (χ3n) is 2.66. The van der Waals surface area contributed by atoms with Gasteiger partial charge in [0, 0.05) is 6.07 Å². The molecule has 0 aliphatic carbocycles. The number of hydrogen-bond donors (Lipinski definition) is 2. The van der Waals surface area contributed by atoms with Crippen LogP contribution in [0.5, 0.6) is 11.5 Å². The lowest BCUT2D eigenvalue weighted by Crippen LogP contribution is -2.19. The molecule has 0 radical (unpaired) electrons. The van der Waals surface area contributed by atoms with Gasteiger partial charge in [-0.25, -0.2) is 9.78 Å². The second-order valence-corrected chi connectivity index (χ2v) is 5.73. The number of carbonyl (C=O) groups excluding carboxylic acids is 1. The lowest BCUT2D eigenvalue weighted by molar-refractivity contribution is 0.262. The highest BCUT2D eigenvalue weighted by molar-refractivity contribution is 7.19. The van der Waals surface area contributed by atoms with Gasteiger partial charge in [-0.3, -0.25) is 5.32 Å². The molecule has 0 spiro atoms. The number of rotatable bonds is 4. The maximum atomic E-state index is 11.9. The summed E-state index contributed by atoms with van der Waals surface area (Å²) >= 11 is 6.93. The molecule has 8 heteroatoms. The summed E-state index contributed by atoms with van der Waals surface area (Å²) < 4.78 is 11.0. The Kier molecular flexibility index (Phi) is 4.87. The van der Waals surface area contributed by atoms with Crippen molar-refractivity contribution in [1.82, 2.24) is 4.98 Å². The standard InChI is InChI=1S/C13H14ClN3O3S/c1-7-4-8(10(20-3)5-9(7)19-2)16-12(18)17-13-15-6-11(14)21-13/h4-6H,1-3H3,(H2,15,16,17,18). The summed E-state index contributed by atoms with van der Waals surface area (Å²) in [6, 6.07) is 3.06. The van der Waals surface area contributed by atoms with Crippen molar-refractivity contribution in [2.45, 2.75) is 6.92 Å². The molecule has 2 rings (SSSR count). The molecule has 0 saturated carbocycles. The number of benzene rings is 1. The van der Waals surface area contributed by atoms with Crippen LogP contribution in [0.15, 0.2) is 18.3 Å². The van der Waals surface area contributed by atoms with Crippen LogP contribution < -0.4 is 20.1 Å². The predicted molar refractivity (Wildman–Crippen MR) is 84.0 cm³/mol. The van der Waals surface area contributed by atoms with Crippen molar-refractivity contribution < 1.29 is 14.3 Å². The van der Waals surface area contributed by atoms with Crippen LogP contribution in [0.3, 0.4) is 0 Å². The molecule has 1 aromatic carbocycles. The van der Waals surface area contributed by atoms with Crippen LogP contribution in [0.25, 0.3) is 0 Å². The van der Waals surface area contributed by atoms with Crippen LogP contribution in [0.2, 0.25) is 4.34 Å². The summed E-state index contributed by atoms with van der Waals surface area (Å²) in [4.78, 5) is 15.9. The van der Waals surface area contributed by atoms with E-state index >= 15 is 0 Å². The number of methoxy groups -OCH3 is 2. The fraction of sp³-hybridized carbons (Fsp3) is 0.231. The number of halogens is 1. The fourth-order valence-electron chi connectivity index (χ4n) is 1.72. The summed E-state index contributed by atoms with van der Waals surface area (Å²) in [5, 5.41) is 5.72. The van der Waals surface area contributed by atoms with E-state index in [-0.39, 0.29) is 0 Å². The molecule has 112 valence electrons. The molecule has 0 aliphatic heterocycles. The zero-order valence-corrected chi connectivity index (χ0v) is 13.3. The predicted octanol–water partition coefficient (Wildman–Crippen LogP) is 3.77. The molecule has 1 aromatic heterocycles. The molecule has 0 saturated heterocycles. The summed E-state index contributed by atoms with van der Waals surface area (Å²) in [5.41, 5.74) is 1.42. The number of anilines is 2. The van der Waals surface area contributed by atoms with Crippen LogP contribution in [0.1, 0.15) is 5.56 Å². The highest BCUT2D eigenvalue weighted by Crippen LogP contribution is 2.32. The molecule has 0 bridgehead atoms. The van der Waals surface area contributed by atoms with Crippen molar-refractivity contribution in [3.8, 4) is 11.5 Å². The van der Waals surface area contributed by atoms with Gasteiger partial charge in [0.1, 0.15) is 15.8 Å². The number of nitrogens with one attached hydrogen (secondary N) is 2. The van der Waals surface area contributed by atoms with E-state index in [1.165, 1.54) is 24.6 Å². The molecule has 1 heterocycles. The van der Waals surface area contributed by atoms with Gasteiger partial charge in [-0.15, -0.1) is 0 Å². The van der Waals surface area contributed by atoms with Gasteiger partial charge in [0.25, 0.3) is 0 Å². The van der Waals surface area contributed by atoms with Crippen molar-refractivity contribution in [3.05, 3.63) is 28.2 Å². The van der Waals surface area contributed by atoms with Gasteiger partial charge < -0.3 is 14.8 Å². The van der Waals surface area contributed by atoms with Crippen LogP contribution >= 0.6 is 22.9 Å². The molecule has 0 unspecified atom stereocenters. The summed E-state index contributed by atoms with van der Waals surface area (Å²) in [5.74, 6) is 1.19. The number of aryl methyl sites for hydroxylation is 1. The summed E-state index contributed by atoms with van der Waals surface area (Å²) in [6.45, 7) is 1.88. The van der Waals surface area contributed by atoms with Gasteiger partial charge >= 0.3 is 6.03 Å². The minimum atomic E-state index is -0.427. The molecule has 2 amide bonds. The van der Waals surface area contributed by atoms with Crippen molar-refractivity contribution >= 4 is 39.8 Å². The highest BCUT2D eigenvalue weighted by Gasteiger charge is 2.12. The average molecular weight is 328 g/mol. The Morgan fingerprint density at radius 2 is 1.95 bits per heavy atom. The van der Waals surface area contributed by atoms with E-state index in [1.807, 2.05) is 6.92 Å². The topological polar surface area (TPSA) is 72.5 Å². The highest BCUT2D eigenvalue weighted by atomic mass is 35.5. The minimum absolute atomic E-state index is 0.418. The normalized spacial score (nSPS) is 10.1. The van der Waals surface area contributed by atoms with E-state index in [4.69, 9.17) is 21.1 Å². The molecule has 0 aliphatic rings. The largest absolute Gasteiger partial charge is 0.496 e. The first-order chi connectivity index (χ1) is 10.0. The van der Waals surface area contributed by atoms with Crippen molar-refractivity contribution in [2.75, 3.05) is 24.9 Å². The van der Waals surface area contributed by atoms with Crippen molar-refractivity contribution in [2.24, 2.45) is 0 Å². The van der Waals surface area contributed by atoms with Gasteiger partial charge in [-0.2, -0.15) is 0 Å².